The van der Waals surface area contributed by atoms with Gasteiger partial charge < -0.3 is 10.1 Å². The summed E-state index contributed by atoms with van der Waals surface area (Å²) in [6.45, 7) is 6.27. The Labute approximate surface area is 109 Å². The zero-order chi connectivity index (χ0) is 12.9. The van der Waals surface area contributed by atoms with Crippen LogP contribution in [0.15, 0.2) is 0 Å². The maximum Gasteiger partial charge on any atom is 0.315 e. The van der Waals surface area contributed by atoms with E-state index in [9.17, 15) is 4.79 Å². The van der Waals surface area contributed by atoms with Gasteiger partial charge in [0.1, 0.15) is 0 Å². The molecule has 0 radical (unpaired) electrons. The van der Waals surface area contributed by atoms with Crippen molar-refractivity contribution < 1.29 is 9.53 Å². The molecule has 3 fully saturated rings. The molecule has 1 N–H and O–H groups in total. The first-order chi connectivity index (χ1) is 8.61. The first-order valence-electron chi connectivity index (χ1n) is 7.18. The van der Waals surface area contributed by atoms with Crippen molar-refractivity contribution in [2.45, 2.75) is 51.2 Å². The Kier molecular flexibility index (Phi) is 2.90. The number of hydrogen-bond donors (Lipinski definition) is 1. The molecule has 0 amide bonds. The molecule has 0 spiro atoms. The largest absolute Gasteiger partial charge is 0.468 e. The van der Waals surface area contributed by atoms with Crippen LogP contribution >= 0.6 is 0 Å². The SMILES string of the molecule is COC(=O)C12CNCC1CC1CCC2N1C(C)C. The molecule has 102 valence electrons. The Morgan fingerprint density at radius 2 is 2.22 bits per heavy atom. The van der Waals surface area contributed by atoms with Gasteiger partial charge in [-0.25, -0.2) is 0 Å². The number of carbonyl (C=O) groups is 1. The third-order valence-electron chi connectivity index (χ3n) is 5.40. The summed E-state index contributed by atoms with van der Waals surface area (Å²) in [4.78, 5) is 15.0. The second-order valence-electron chi connectivity index (χ2n) is 6.38. The fourth-order valence-corrected chi connectivity index (χ4v) is 4.80. The summed E-state index contributed by atoms with van der Waals surface area (Å²) in [5.74, 6) is 0.478. The predicted octanol–water partition coefficient (Wildman–Crippen LogP) is 1.01. The molecule has 4 unspecified atom stereocenters. The Hall–Kier alpha value is -0.610. The normalized spacial score (nSPS) is 43.2. The zero-order valence-electron chi connectivity index (χ0n) is 11.6. The van der Waals surface area contributed by atoms with E-state index in [-0.39, 0.29) is 11.4 Å². The molecule has 3 aliphatic heterocycles. The molecule has 3 heterocycles. The van der Waals surface area contributed by atoms with Gasteiger partial charge in [-0.05, 0) is 45.6 Å². The second kappa shape index (κ2) is 4.20. The summed E-state index contributed by atoms with van der Waals surface area (Å²) in [6.07, 6.45) is 3.55. The average molecular weight is 252 g/mol. The van der Waals surface area contributed by atoms with Crippen LogP contribution in [0.5, 0.6) is 0 Å². The maximum atomic E-state index is 12.4. The molecule has 3 aliphatic rings. The lowest BCUT2D eigenvalue weighted by Gasteiger charge is -2.49. The highest BCUT2D eigenvalue weighted by molar-refractivity contribution is 5.79. The zero-order valence-corrected chi connectivity index (χ0v) is 11.6. The van der Waals surface area contributed by atoms with Crippen LogP contribution in [0, 0.1) is 11.3 Å². The monoisotopic (exact) mass is 252 g/mol. The average Bonchev–Trinajstić information content (AvgIpc) is 2.92. The van der Waals surface area contributed by atoms with E-state index in [1.807, 2.05) is 0 Å². The smallest absolute Gasteiger partial charge is 0.315 e. The van der Waals surface area contributed by atoms with Crippen LogP contribution in [0.2, 0.25) is 0 Å². The third kappa shape index (κ3) is 1.42. The van der Waals surface area contributed by atoms with Gasteiger partial charge in [0, 0.05) is 24.7 Å². The van der Waals surface area contributed by atoms with E-state index >= 15 is 0 Å². The Bertz CT molecular complexity index is 358. The van der Waals surface area contributed by atoms with Gasteiger partial charge in [-0.1, -0.05) is 0 Å². The molecule has 0 aromatic carbocycles. The number of rotatable bonds is 2. The van der Waals surface area contributed by atoms with E-state index in [2.05, 4.69) is 24.1 Å². The summed E-state index contributed by atoms with van der Waals surface area (Å²) >= 11 is 0. The molecule has 0 saturated carbocycles. The molecular formula is C14H24N2O2. The van der Waals surface area contributed by atoms with Crippen LogP contribution in [-0.2, 0) is 9.53 Å². The van der Waals surface area contributed by atoms with Crippen LogP contribution in [-0.4, -0.2) is 49.2 Å². The second-order valence-corrected chi connectivity index (χ2v) is 6.38. The van der Waals surface area contributed by atoms with Crippen molar-refractivity contribution >= 4 is 5.97 Å². The minimum atomic E-state index is -0.286. The van der Waals surface area contributed by atoms with Crippen molar-refractivity contribution in [1.29, 1.82) is 0 Å². The molecule has 3 rings (SSSR count). The van der Waals surface area contributed by atoms with Gasteiger partial charge in [0.05, 0.1) is 12.5 Å². The van der Waals surface area contributed by atoms with Gasteiger partial charge in [-0.15, -0.1) is 0 Å². The predicted molar refractivity (Wildman–Crippen MR) is 69.2 cm³/mol. The summed E-state index contributed by atoms with van der Waals surface area (Å²) < 4.78 is 5.17. The molecule has 4 nitrogen and oxygen atoms in total. The Morgan fingerprint density at radius 3 is 2.89 bits per heavy atom. The van der Waals surface area contributed by atoms with Crippen molar-refractivity contribution in [2.24, 2.45) is 11.3 Å². The molecule has 0 aromatic heterocycles. The molecule has 0 aliphatic carbocycles. The van der Waals surface area contributed by atoms with Crippen molar-refractivity contribution in [2.75, 3.05) is 20.2 Å². The quantitative estimate of drug-likeness (QED) is 0.745. The van der Waals surface area contributed by atoms with E-state index in [1.54, 1.807) is 0 Å². The third-order valence-corrected chi connectivity index (χ3v) is 5.40. The molecular weight excluding hydrogens is 228 g/mol. The number of nitrogens with zero attached hydrogens (tertiary/aromatic N) is 1. The molecule has 18 heavy (non-hydrogen) atoms. The van der Waals surface area contributed by atoms with Crippen LogP contribution in [0.3, 0.4) is 0 Å². The number of methoxy groups -OCH3 is 1. The summed E-state index contributed by atoms with van der Waals surface area (Å²) in [5, 5.41) is 3.44. The molecule has 4 atom stereocenters. The van der Waals surface area contributed by atoms with Crippen molar-refractivity contribution in [3.05, 3.63) is 0 Å². The van der Waals surface area contributed by atoms with E-state index < -0.39 is 0 Å². The number of esters is 1. The number of hydrogen-bond acceptors (Lipinski definition) is 4. The Balaban J connectivity index is 2.00. The van der Waals surface area contributed by atoms with Crippen LogP contribution in [0.4, 0.5) is 0 Å². The topological polar surface area (TPSA) is 41.6 Å². The minimum absolute atomic E-state index is 0.00787. The van der Waals surface area contributed by atoms with Gasteiger partial charge in [-0.2, -0.15) is 0 Å². The number of piperidine rings is 1. The molecule has 2 bridgehead atoms. The van der Waals surface area contributed by atoms with E-state index in [1.165, 1.54) is 13.5 Å². The summed E-state index contributed by atoms with van der Waals surface area (Å²) in [5.41, 5.74) is -0.286. The van der Waals surface area contributed by atoms with Gasteiger partial charge >= 0.3 is 5.97 Å². The van der Waals surface area contributed by atoms with Crippen molar-refractivity contribution in [3.8, 4) is 0 Å². The molecule has 3 saturated heterocycles. The number of carbonyl (C=O) groups excluding carboxylic acids is 1. The van der Waals surface area contributed by atoms with E-state index in [0.717, 1.165) is 25.9 Å². The van der Waals surface area contributed by atoms with Crippen LogP contribution in [0.25, 0.3) is 0 Å². The fraction of sp³-hybridized carbons (Fsp3) is 0.929. The highest BCUT2D eigenvalue weighted by atomic mass is 16.5. The van der Waals surface area contributed by atoms with Crippen molar-refractivity contribution in [3.63, 3.8) is 0 Å². The van der Waals surface area contributed by atoms with E-state index in [4.69, 9.17) is 4.74 Å². The van der Waals surface area contributed by atoms with Gasteiger partial charge in [-0.3, -0.25) is 9.69 Å². The standard InChI is InChI=1S/C14H24N2O2/c1-9(2)16-11-4-5-12(16)14(13(17)18-3)8-15-7-10(14)6-11/h9-12,15H,4-8H2,1-3H3. The lowest BCUT2D eigenvalue weighted by atomic mass is 9.67. The fourth-order valence-electron chi connectivity index (χ4n) is 4.80. The first-order valence-corrected chi connectivity index (χ1v) is 7.18. The number of ether oxygens (including phenoxy) is 1. The van der Waals surface area contributed by atoms with Gasteiger partial charge in [0.15, 0.2) is 0 Å². The van der Waals surface area contributed by atoms with Gasteiger partial charge in [0.2, 0.25) is 0 Å². The van der Waals surface area contributed by atoms with Gasteiger partial charge in [0.25, 0.3) is 0 Å². The van der Waals surface area contributed by atoms with Crippen molar-refractivity contribution in [1.82, 2.24) is 10.2 Å². The lowest BCUT2D eigenvalue weighted by molar-refractivity contribution is -0.163. The summed E-state index contributed by atoms with van der Waals surface area (Å²) in [7, 11) is 1.53. The first kappa shape index (κ1) is 12.4. The Morgan fingerprint density at radius 1 is 1.44 bits per heavy atom. The number of fused-ring (bicyclic) bond motifs is 4. The lowest BCUT2D eigenvalue weighted by Crippen LogP contribution is -2.61. The minimum Gasteiger partial charge on any atom is -0.468 e. The highest BCUT2D eigenvalue weighted by Gasteiger charge is 2.63. The highest BCUT2D eigenvalue weighted by Crippen LogP contribution is 2.53. The maximum absolute atomic E-state index is 12.4. The van der Waals surface area contributed by atoms with Crippen LogP contribution < -0.4 is 5.32 Å². The number of nitrogens with one attached hydrogen (secondary N) is 1. The molecule has 0 aromatic rings. The summed E-state index contributed by atoms with van der Waals surface area (Å²) in [6, 6.07) is 1.58. The molecule has 4 heteroatoms. The van der Waals surface area contributed by atoms with E-state index in [0.29, 0.717) is 24.0 Å². The van der Waals surface area contributed by atoms with Crippen LogP contribution in [0.1, 0.15) is 33.1 Å².